The molecule has 2 nitrogen and oxygen atoms in total. The molecule has 0 atom stereocenters. The number of benzene rings is 7. The highest BCUT2D eigenvalue weighted by atomic mass is 15.0. The van der Waals surface area contributed by atoms with Crippen molar-refractivity contribution >= 4 is 21.8 Å². The van der Waals surface area contributed by atoms with Crippen LogP contribution in [-0.2, 0) is 6.42 Å². The molecule has 1 aliphatic rings. The predicted octanol–water partition coefficient (Wildman–Crippen LogP) is 12.4. The van der Waals surface area contributed by atoms with Crippen molar-refractivity contribution in [1.29, 1.82) is 0 Å². The summed E-state index contributed by atoms with van der Waals surface area (Å²) in [6.45, 7) is 0. The average Bonchev–Trinajstić information content (AvgIpc) is 3.74. The molecule has 2 heterocycles. The van der Waals surface area contributed by atoms with Gasteiger partial charge < -0.3 is 4.57 Å². The van der Waals surface area contributed by atoms with Crippen LogP contribution in [0.15, 0.2) is 182 Å². The van der Waals surface area contributed by atoms with Crippen molar-refractivity contribution in [3.8, 4) is 61.6 Å². The van der Waals surface area contributed by atoms with Gasteiger partial charge in [0.25, 0.3) is 0 Å². The second-order valence-corrected chi connectivity index (χ2v) is 13.2. The summed E-state index contributed by atoms with van der Waals surface area (Å²) in [6, 6.07) is 65.7. The van der Waals surface area contributed by atoms with E-state index in [1.807, 2.05) is 0 Å². The van der Waals surface area contributed by atoms with Crippen LogP contribution < -0.4 is 0 Å². The second-order valence-electron chi connectivity index (χ2n) is 13.2. The summed E-state index contributed by atoms with van der Waals surface area (Å²) in [5.41, 5.74) is 18.1. The summed E-state index contributed by atoms with van der Waals surface area (Å²) in [5.74, 6) is 0. The van der Waals surface area contributed by atoms with E-state index < -0.39 is 0 Å². The molecule has 0 spiro atoms. The fourth-order valence-electron chi connectivity index (χ4n) is 7.88. The Bertz CT molecular complexity index is 2660. The first-order chi connectivity index (χ1) is 24.8. The standard InChI is InChI=1S/C48H32N2/c1-3-13-32(14-4-1)37-30-45(33-15-5-2-6-16-33)49-46(31-37)36-18-11-19-38(27-36)50-47-24-10-9-21-42(47)44-29-35(25-26-48(44)50)40-22-12-23-41-39-20-8-7-17-34(39)28-43(40)41/h1-27,29-31H,28H2. The SMILES string of the molecule is c1ccc(-c2cc(-c3ccccc3)nc(-c3cccc(-n4c5ccccc5c5cc(-c6cccc7c6Cc6ccccc6-7)ccc54)c3)c2)cc1. The smallest absolute Gasteiger partial charge is 0.0716 e. The van der Waals surface area contributed by atoms with Crippen LogP contribution in [0.5, 0.6) is 0 Å². The second kappa shape index (κ2) is 11.6. The van der Waals surface area contributed by atoms with Gasteiger partial charge in [-0.15, -0.1) is 0 Å². The van der Waals surface area contributed by atoms with Crippen molar-refractivity contribution < 1.29 is 0 Å². The van der Waals surface area contributed by atoms with Gasteiger partial charge in [0.2, 0.25) is 0 Å². The van der Waals surface area contributed by atoms with Gasteiger partial charge in [-0.25, -0.2) is 4.98 Å². The Kier molecular flexibility index (Phi) is 6.60. The van der Waals surface area contributed by atoms with Gasteiger partial charge in [-0.05, 0) is 93.4 Å². The van der Waals surface area contributed by atoms with E-state index >= 15 is 0 Å². The van der Waals surface area contributed by atoms with E-state index in [9.17, 15) is 0 Å². The Morgan fingerprint density at radius 2 is 1.02 bits per heavy atom. The molecule has 2 heteroatoms. The molecule has 0 unspecified atom stereocenters. The van der Waals surface area contributed by atoms with E-state index in [1.165, 1.54) is 60.8 Å². The molecule has 50 heavy (non-hydrogen) atoms. The maximum atomic E-state index is 5.23. The topological polar surface area (TPSA) is 17.8 Å². The monoisotopic (exact) mass is 636 g/mol. The number of nitrogens with zero attached hydrogens (tertiary/aromatic N) is 2. The molecule has 1 aliphatic carbocycles. The lowest BCUT2D eigenvalue weighted by molar-refractivity contribution is 1.18. The highest BCUT2D eigenvalue weighted by Gasteiger charge is 2.22. The van der Waals surface area contributed by atoms with E-state index in [4.69, 9.17) is 4.98 Å². The van der Waals surface area contributed by atoms with Crippen LogP contribution in [0.3, 0.4) is 0 Å². The van der Waals surface area contributed by atoms with Gasteiger partial charge in [0.05, 0.1) is 22.4 Å². The highest BCUT2D eigenvalue weighted by molar-refractivity contribution is 6.10. The van der Waals surface area contributed by atoms with E-state index in [0.29, 0.717) is 0 Å². The van der Waals surface area contributed by atoms with E-state index in [1.54, 1.807) is 0 Å². The number of fused-ring (bicyclic) bond motifs is 6. The minimum Gasteiger partial charge on any atom is -0.309 e. The fraction of sp³-hybridized carbons (Fsp3) is 0.0208. The van der Waals surface area contributed by atoms with Crippen LogP contribution in [0.1, 0.15) is 11.1 Å². The quantitative estimate of drug-likeness (QED) is 0.184. The first-order valence-corrected chi connectivity index (χ1v) is 17.3. The molecule has 0 radical (unpaired) electrons. The number of hydrogen-bond acceptors (Lipinski definition) is 1. The summed E-state index contributed by atoms with van der Waals surface area (Å²) >= 11 is 0. The molecular weight excluding hydrogens is 605 g/mol. The molecular formula is C48H32N2. The van der Waals surface area contributed by atoms with Gasteiger partial charge in [0.1, 0.15) is 0 Å². The van der Waals surface area contributed by atoms with Crippen molar-refractivity contribution in [2.75, 3.05) is 0 Å². The van der Waals surface area contributed by atoms with Crippen LogP contribution in [-0.4, -0.2) is 9.55 Å². The van der Waals surface area contributed by atoms with E-state index in [-0.39, 0.29) is 0 Å². The Morgan fingerprint density at radius 3 is 1.88 bits per heavy atom. The molecule has 10 rings (SSSR count). The third kappa shape index (κ3) is 4.69. The lowest BCUT2D eigenvalue weighted by Crippen LogP contribution is -1.96. The molecule has 0 saturated carbocycles. The minimum atomic E-state index is 0.953. The fourth-order valence-corrected chi connectivity index (χ4v) is 7.88. The summed E-state index contributed by atoms with van der Waals surface area (Å²) in [4.78, 5) is 5.23. The molecule has 0 amide bonds. The summed E-state index contributed by atoms with van der Waals surface area (Å²) in [7, 11) is 0. The largest absolute Gasteiger partial charge is 0.309 e. The van der Waals surface area contributed by atoms with Crippen LogP contribution in [0.4, 0.5) is 0 Å². The van der Waals surface area contributed by atoms with Crippen LogP contribution in [0, 0.1) is 0 Å². The lowest BCUT2D eigenvalue weighted by atomic mass is 9.94. The Morgan fingerprint density at radius 1 is 0.380 bits per heavy atom. The van der Waals surface area contributed by atoms with Gasteiger partial charge in [-0.2, -0.15) is 0 Å². The van der Waals surface area contributed by atoms with Gasteiger partial charge in [0, 0.05) is 27.6 Å². The number of rotatable bonds is 5. The maximum Gasteiger partial charge on any atom is 0.0716 e. The van der Waals surface area contributed by atoms with Crippen molar-refractivity contribution in [1.82, 2.24) is 9.55 Å². The van der Waals surface area contributed by atoms with Gasteiger partial charge in [0.15, 0.2) is 0 Å². The van der Waals surface area contributed by atoms with Crippen LogP contribution in [0.2, 0.25) is 0 Å². The molecule has 9 aromatic rings. The van der Waals surface area contributed by atoms with Crippen LogP contribution in [0.25, 0.3) is 83.4 Å². The molecule has 0 fully saturated rings. The zero-order valence-electron chi connectivity index (χ0n) is 27.4. The Hall–Kier alpha value is -6.51. The number of para-hydroxylation sites is 1. The molecule has 0 N–H and O–H groups in total. The predicted molar refractivity (Wildman–Crippen MR) is 209 cm³/mol. The number of pyridine rings is 1. The van der Waals surface area contributed by atoms with E-state index in [0.717, 1.165) is 40.2 Å². The summed E-state index contributed by atoms with van der Waals surface area (Å²) in [5, 5.41) is 2.51. The van der Waals surface area contributed by atoms with Crippen LogP contribution >= 0.6 is 0 Å². The summed E-state index contributed by atoms with van der Waals surface area (Å²) < 4.78 is 2.41. The first kappa shape index (κ1) is 28.5. The minimum absolute atomic E-state index is 0.953. The molecule has 0 aliphatic heterocycles. The maximum absolute atomic E-state index is 5.23. The average molecular weight is 637 g/mol. The zero-order valence-corrected chi connectivity index (χ0v) is 27.4. The Balaban J connectivity index is 1.12. The molecule has 0 saturated heterocycles. The summed E-state index contributed by atoms with van der Waals surface area (Å²) in [6.07, 6.45) is 0.972. The highest BCUT2D eigenvalue weighted by Crippen LogP contribution is 2.43. The molecule has 2 aromatic heterocycles. The lowest BCUT2D eigenvalue weighted by Gasteiger charge is -2.13. The zero-order chi connectivity index (χ0) is 33.0. The van der Waals surface area contributed by atoms with Crippen molar-refractivity contribution in [3.05, 3.63) is 193 Å². The van der Waals surface area contributed by atoms with Gasteiger partial charge in [-0.1, -0.05) is 140 Å². The van der Waals surface area contributed by atoms with Gasteiger partial charge >= 0.3 is 0 Å². The molecule has 7 aromatic carbocycles. The van der Waals surface area contributed by atoms with Crippen molar-refractivity contribution in [2.24, 2.45) is 0 Å². The molecule has 0 bridgehead atoms. The third-order valence-electron chi connectivity index (χ3n) is 10.2. The number of aromatic nitrogens is 2. The Labute approximate surface area is 291 Å². The van der Waals surface area contributed by atoms with E-state index in [2.05, 4.69) is 187 Å². The van der Waals surface area contributed by atoms with Crippen molar-refractivity contribution in [3.63, 3.8) is 0 Å². The van der Waals surface area contributed by atoms with Gasteiger partial charge in [-0.3, -0.25) is 0 Å². The first-order valence-electron chi connectivity index (χ1n) is 17.3. The number of hydrogen-bond donors (Lipinski definition) is 0. The van der Waals surface area contributed by atoms with Crippen molar-refractivity contribution in [2.45, 2.75) is 6.42 Å². The molecule has 234 valence electrons. The normalized spacial score (nSPS) is 11.9. The third-order valence-corrected chi connectivity index (χ3v) is 10.2.